The summed E-state index contributed by atoms with van der Waals surface area (Å²) in [5.41, 5.74) is 3.55. The van der Waals surface area contributed by atoms with E-state index in [-0.39, 0.29) is 30.2 Å². The maximum Gasteiger partial charge on any atom is 0.304 e. The van der Waals surface area contributed by atoms with Gasteiger partial charge in [0.1, 0.15) is 5.82 Å². The van der Waals surface area contributed by atoms with Gasteiger partial charge in [-0.15, -0.1) is 11.3 Å². The van der Waals surface area contributed by atoms with Crippen molar-refractivity contribution in [2.75, 3.05) is 29.6 Å². The number of benzene rings is 1. The molecule has 0 radical (unpaired) electrons. The number of rotatable bonds is 10. The SMILES string of the molecule is O=C(O)C[C@@H](C[C@H]1CCCOC1)C(=O)N(c1nc(-c2ccccc2-c2ccc(N3CCCC3=O)nc2)cs1)C1CC1. The zero-order valence-electron chi connectivity index (χ0n) is 22.9. The number of hydrogen-bond acceptors (Lipinski definition) is 7. The molecule has 3 fully saturated rings. The highest BCUT2D eigenvalue weighted by molar-refractivity contribution is 7.14. The van der Waals surface area contributed by atoms with Crippen molar-refractivity contribution in [3.63, 3.8) is 0 Å². The molecule has 2 amide bonds. The Hall–Kier alpha value is -3.63. The van der Waals surface area contributed by atoms with Crippen LogP contribution in [0.2, 0.25) is 0 Å². The zero-order valence-corrected chi connectivity index (χ0v) is 23.7. The third-order valence-electron chi connectivity index (χ3n) is 8.10. The van der Waals surface area contributed by atoms with Crippen LogP contribution in [0, 0.1) is 11.8 Å². The summed E-state index contributed by atoms with van der Waals surface area (Å²) in [4.78, 5) is 50.7. The molecule has 214 valence electrons. The van der Waals surface area contributed by atoms with Crippen molar-refractivity contribution in [1.82, 2.24) is 9.97 Å². The largest absolute Gasteiger partial charge is 0.481 e. The van der Waals surface area contributed by atoms with Crippen LogP contribution in [0.1, 0.15) is 51.4 Å². The number of carbonyl (C=O) groups excluding carboxylic acids is 2. The van der Waals surface area contributed by atoms with Crippen molar-refractivity contribution in [2.45, 2.75) is 57.4 Å². The molecule has 6 rings (SSSR count). The molecule has 3 aromatic rings. The van der Waals surface area contributed by atoms with Crippen molar-refractivity contribution in [1.29, 1.82) is 0 Å². The second-order valence-electron chi connectivity index (χ2n) is 11.2. The van der Waals surface area contributed by atoms with E-state index in [1.165, 1.54) is 11.3 Å². The van der Waals surface area contributed by atoms with E-state index in [1.54, 1.807) is 16.0 Å². The first-order valence-electron chi connectivity index (χ1n) is 14.4. The van der Waals surface area contributed by atoms with Gasteiger partial charge in [0.05, 0.1) is 12.1 Å². The Labute approximate surface area is 243 Å². The first-order valence-corrected chi connectivity index (χ1v) is 15.3. The number of anilines is 2. The van der Waals surface area contributed by atoms with Crippen molar-refractivity contribution >= 4 is 40.1 Å². The lowest BCUT2D eigenvalue weighted by molar-refractivity contribution is -0.141. The van der Waals surface area contributed by atoms with Gasteiger partial charge in [-0.3, -0.25) is 24.2 Å². The van der Waals surface area contributed by atoms with Crippen LogP contribution < -0.4 is 9.80 Å². The number of carboxylic acid groups (broad SMARTS) is 1. The maximum absolute atomic E-state index is 13.9. The van der Waals surface area contributed by atoms with Gasteiger partial charge in [-0.1, -0.05) is 24.3 Å². The molecule has 1 aromatic carbocycles. The number of aromatic nitrogens is 2. The van der Waals surface area contributed by atoms with Gasteiger partial charge in [0, 0.05) is 60.8 Å². The minimum atomic E-state index is -0.960. The first kappa shape index (κ1) is 27.5. The molecule has 2 saturated heterocycles. The van der Waals surface area contributed by atoms with Crippen LogP contribution >= 0.6 is 11.3 Å². The molecule has 41 heavy (non-hydrogen) atoms. The van der Waals surface area contributed by atoms with E-state index in [1.807, 2.05) is 41.8 Å². The second kappa shape index (κ2) is 12.1. The Morgan fingerprint density at radius 1 is 1.12 bits per heavy atom. The summed E-state index contributed by atoms with van der Waals surface area (Å²) in [5.74, 6) is -0.747. The highest BCUT2D eigenvalue weighted by atomic mass is 32.1. The minimum absolute atomic E-state index is 0.0562. The number of carboxylic acids is 1. The van der Waals surface area contributed by atoms with Gasteiger partial charge < -0.3 is 9.84 Å². The Kier molecular flexibility index (Phi) is 8.11. The number of amides is 2. The number of hydrogen-bond donors (Lipinski definition) is 1. The number of pyridine rings is 1. The molecule has 1 saturated carbocycles. The molecule has 9 nitrogen and oxygen atoms in total. The molecule has 3 aliphatic rings. The molecule has 10 heteroatoms. The van der Waals surface area contributed by atoms with Gasteiger partial charge >= 0.3 is 5.97 Å². The Bertz CT molecular complexity index is 1410. The third-order valence-corrected chi connectivity index (χ3v) is 8.94. The van der Waals surface area contributed by atoms with Crippen molar-refractivity contribution in [3.8, 4) is 22.4 Å². The summed E-state index contributed by atoms with van der Waals surface area (Å²) in [6.07, 6.45) is 7.20. The lowest BCUT2D eigenvalue weighted by Gasteiger charge is -2.29. The molecule has 0 bridgehead atoms. The Morgan fingerprint density at radius 3 is 2.61 bits per heavy atom. The topological polar surface area (TPSA) is 113 Å². The summed E-state index contributed by atoms with van der Waals surface area (Å²) in [6, 6.07) is 11.9. The predicted octanol–water partition coefficient (Wildman–Crippen LogP) is 5.40. The summed E-state index contributed by atoms with van der Waals surface area (Å²) in [5, 5.41) is 12.2. The molecular formula is C31H34N4O5S. The van der Waals surface area contributed by atoms with E-state index in [2.05, 4.69) is 4.98 Å². The molecular weight excluding hydrogens is 540 g/mol. The van der Waals surface area contributed by atoms with Crippen LogP contribution in [-0.2, 0) is 19.1 Å². The average Bonchev–Trinajstić information content (AvgIpc) is 3.53. The van der Waals surface area contributed by atoms with Crippen LogP contribution in [0.5, 0.6) is 0 Å². The van der Waals surface area contributed by atoms with Crippen molar-refractivity contribution < 1.29 is 24.2 Å². The zero-order chi connectivity index (χ0) is 28.3. The molecule has 1 aliphatic carbocycles. The average molecular weight is 575 g/mol. The van der Waals surface area contributed by atoms with Crippen LogP contribution in [-0.4, -0.2) is 58.7 Å². The van der Waals surface area contributed by atoms with E-state index in [4.69, 9.17) is 9.72 Å². The molecule has 0 unspecified atom stereocenters. The normalized spacial score (nSPS) is 19.8. The fourth-order valence-electron chi connectivity index (χ4n) is 5.89. The molecule has 2 atom stereocenters. The second-order valence-corrected chi connectivity index (χ2v) is 12.0. The van der Waals surface area contributed by atoms with E-state index < -0.39 is 11.9 Å². The minimum Gasteiger partial charge on any atom is -0.481 e. The Morgan fingerprint density at radius 2 is 1.95 bits per heavy atom. The molecule has 1 N–H and O–H groups in total. The molecule has 2 aromatic heterocycles. The van der Waals surface area contributed by atoms with Crippen molar-refractivity contribution in [3.05, 3.63) is 48.0 Å². The van der Waals surface area contributed by atoms with Gasteiger partial charge in [-0.05, 0) is 62.1 Å². The van der Waals surface area contributed by atoms with Gasteiger partial charge in [-0.2, -0.15) is 0 Å². The number of aliphatic carboxylic acids is 1. The highest BCUT2D eigenvalue weighted by Crippen LogP contribution is 2.40. The van der Waals surface area contributed by atoms with Gasteiger partial charge in [-0.25, -0.2) is 9.97 Å². The van der Waals surface area contributed by atoms with Crippen LogP contribution in [0.15, 0.2) is 48.0 Å². The summed E-state index contributed by atoms with van der Waals surface area (Å²) in [6.45, 7) is 2.00. The summed E-state index contributed by atoms with van der Waals surface area (Å²) in [7, 11) is 0. The van der Waals surface area contributed by atoms with Crippen LogP contribution in [0.4, 0.5) is 10.9 Å². The predicted molar refractivity (Wildman–Crippen MR) is 157 cm³/mol. The first-order chi connectivity index (χ1) is 20.0. The lowest BCUT2D eigenvalue weighted by Crippen LogP contribution is -2.40. The Balaban J connectivity index is 1.25. The summed E-state index contributed by atoms with van der Waals surface area (Å²) < 4.78 is 5.61. The number of carbonyl (C=O) groups is 3. The monoisotopic (exact) mass is 574 g/mol. The lowest BCUT2D eigenvalue weighted by atomic mass is 9.87. The van der Waals surface area contributed by atoms with Gasteiger partial charge in [0.15, 0.2) is 5.13 Å². The quantitative estimate of drug-likeness (QED) is 0.345. The van der Waals surface area contributed by atoms with Crippen LogP contribution in [0.25, 0.3) is 22.4 Å². The van der Waals surface area contributed by atoms with Crippen molar-refractivity contribution in [2.24, 2.45) is 11.8 Å². The fraction of sp³-hybridized carbons (Fsp3) is 0.452. The van der Waals surface area contributed by atoms with E-state index in [0.29, 0.717) is 36.9 Å². The molecule has 4 heterocycles. The third kappa shape index (κ3) is 6.18. The highest BCUT2D eigenvalue weighted by Gasteiger charge is 2.40. The number of thiazole rings is 1. The molecule has 2 aliphatic heterocycles. The number of ether oxygens (including phenoxy) is 1. The summed E-state index contributed by atoms with van der Waals surface area (Å²) >= 11 is 1.42. The van der Waals surface area contributed by atoms with E-state index in [9.17, 15) is 19.5 Å². The van der Waals surface area contributed by atoms with Gasteiger partial charge in [0.2, 0.25) is 11.8 Å². The standard InChI is InChI=1S/C31H34N4O5S/c36-28-8-3-13-34(28)27-12-9-21(17-32-27)24-6-1-2-7-25(24)26-19-41-31(33-26)35(23-10-11-23)30(39)22(16-29(37)38)15-20-5-4-14-40-18-20/h1-2,6-7,9,12,17,19-20,22-23H,3-5,8,10-11,13-16,18H2,(H,37,38)/t20-,22-/m1/s1. The maximum atomic E-state index is 13.9. The smallest absolute Gasteiger partial charge is 0.304 e. The van der Waals surface area contributed by atoms with Gasteiger partial charge in [0.25, 0.3) is 0 Å². The van der Waals surface area contributed by atoms with E-state index in [0.717, 1.165) is 61.1 Å². The van der Waals surface area contributed by atoms with Crippen LogP contribution in [0.3, 0.4) is 0 Å². The molecule has 0 spiro atoms. The van der Waals surface area contributed by atoms with E-state index >= 15 is 0 Å². The fourth-order valence-corrected chi connectivity index (χ4v) is 6.79. The number of nitrogens with zero attached hydrogens (tertiary/aromatic N) is 4.